The highest BCUT2D eigenvalue weighted by atomic mass is 28.3. The van der Waals surface area contributed by atoms with Crippen molar-refractivity contribution in [2.75, 3.05) is 0 Å². The third-order valence-corrected chi connectivity index (χ3v) is 4.30. The van der Waals surface area contributed by atoms with Crippen LogP contribution in [0, 0.1) is 70.3 Å². The summed E-state index contributed by atoms with van der Waals surface area (Å²) in [5.74, 6) is 28.5. The summed E-state index contributed by atoms with van der Waals surface area (Å²) >= 11 is 0. The van der Waals surface area contributed by atoms with Crippen molar-refractivity contribution in [1.82, 2.24) is 0 Å². The molecule has 2 heteroatoms. The van der Waals surface area contributed by atoms with Crippen molar-refractivity contribution in [3.63, 3.8) is 0 Å². The minimum absolute atomic E-state index is 0.898. The van der Waals surface area contributed by atoms with E-state index in [4.69, 9.17) is 0 Å². The van der Waals surface area contributed by atoms with E-state index in [1.54, 1.807) is 0 Å². The fourth-order valence-corrected chi connectivity index (χ4v) is 2.28. The summed E-state index contributed by atoms with van der Waals surface area (Å²) < 4.78 is 0. The third kappa shape index (κ3) is 11.5. The second-order valence-electron chi connectivity index (χ2n) is 7.58. The Morgan fingerprint density at radius 2 is 0.769 bits per heavy atom. The smallest absolute Gasteiger partial charge is 0.118 e. The molecule has 0 saturated carbocycles. The number of benzene rings is 1. The van der Waals surface area contributed by atoms with Crippen LogP contribution >= 0.6 is 0 Å². The molecule has 0 radical (unpaired) electrons. The molecule has 126 valence electrons. The van der Waals surface area contributed by atoms with Crippen molar-refractivity contribution in [3.05, 3.63) is 35.4 Å². The summed E-state index contributed by atoms with van der Waals surface area (Å²) in [7, 11) is -2.71. The molecule has 1 rings (SSSR count). The van der Waals surface area contributed by atoms with Crippen LogP contribution < -0.4 is 0 Å². The second-order valence-corrected chi connectivity index (χ2v) is 17.1. The Kier molecular flexibility index (Phi) is 8.19. The average molecular weight is 367 g/mol. The van der Waals surface area contributed by atoms with Gasteiger partial charge in [0, 0.05) is 11.1 Å². The monoisotopic (exact) mass is 366 g/mol. The van der Waals surface area contributed by atoms with Crippen LogP contribution in [0.15, 0.2) is 24.3 Å². The third-order valence-electron chi connectivity index (χ3n) is 2.55. The molecule has 0 heterocycles. The van der Waals surface area contributed by atoms with Crippen LogP contribution in [-0.2, 0) is 0 Å². The minimum Gasteiger partial charge on any atom is -0.118 e. The maximum absolute atomic E-state index is 3.18. The van der Waals surface area contributed by atoms with E-state index in [1.807, 2.05) is 24.3 Å². The zero-order chi connectivity index (χ0) is 19.5. The summed E-state index contributed by atoms with van der Waals surface area (Å²) in [4.78, 5) is 0. The molecule has 0 bridgehead atoms. The van der Waals surface area contributed by atoms with E-state index < -0.39 is 16.1 Å². The van der Waals surface area contributed by atoms with Gasteiger partial charge in [0.05, 0.1) is 0 Å². The van der Waals surface area contributed by atoms with Gasteiger partial charge in [0.25, 0.3) is 0 Å². The van der Waals surface area contributed by atoms with Crippen LogP contribution in [0.3, 0.4) is 0 Å². The molecule has 0 aliphatic heterocycles. The zero-order valence-corrected chi connectivity index (χ0v) is 18.3. The first-order valence-corrected chi connectivity index (χ1v) is 15.3. The van der Waals surface area contributed by atoms with Gasteiger partial charge in [-0.05, 0) is 71.6 Å². The van der Waals surface area contributed by atoms with Gasteiger partial charge in [-0.3, -0.25) is 0 Å². The van der Waals surface area contributed by atoms with Gasteiger partial charge < -0.3 is 0 Å². The number of hydrogen-bond acceptors (Lipinski definition) is 0. The number of rotatable bonds is 0. The van der Waals surface area contributed by atoms with Crippen LogP contribution in [0.25, 0.3) is 0 Å². The quantitative estimate of drug-likeness (QED) is 0.478. The molecule has 0 aliphatic carbocycles. The van der Waals surface area contributed by atoms with Gasteiger partial charge >= 0.3 is 0 Å². The van der Waals surface area contributed by atoms with E-state index in [9.17, 15) is 0 Å². The van der Waals surface area contributed by atoms with Gasteiger partial charge in [-0.15, -0.1) is 11.1 Å². The summed E-state index contributed by atoms with van der Waals surface area (Å²) in [6.45, 7) is 13.1. The summed E-state index contributed by atoms with van der Waals surface area (Å²) in [6, 6.07) is 7.69. The molecular formula is C24H22Si2. The summed E-state index contributed by atoms with van der Waals surface area (Å²) in [5.41, 5.74) is 8.16. The van der Waals surface area contributed by atoms with Gasteiger partial charge in [0.1, 0.15) is 16.1 Å². The maximum Gasteiger partial charge on any atom is 0.130 e. The average Bonchev–Trinajstić information content (AvgIpc) is 2.53. The molecule has 0 nitrogen and oxygen atoms in total. The molecule has 0 unspecified atom stereocenters. The summed E-state index contributed by atoms with van der Waals surface area (Å²) in [5, 5.41) is 0. The lowest BCUT2D eigenvalue weighted by Crippen LogP contribution is -2.16. The van der Waals surface area contributed by atoms with Crippen LogP contribution in [0.1, 0.15) is 11.1 Å². The minimum atomic E-state index is -1.35. The second kappa shape index (κ2) is 10.1. The molecule has 0 N–H and O–H groups in total. The lowest BCUT2D eigenvalue weighted by molar-refractivity contribution is 1.60. The van der Waals surface area contributed by atoms with Gasteiger partial charge in [-0.25, -0.2) is 0 Å². The molecule has 0 fully saturated rings. The van der Waals surface area contributed by atoms with Crippen molar-refractivity contribution in [1.29, 1.82) is 0 Å². The van der Waals surface area contributed by atoms with E-state index in [0.717, 1.165) is 11.1 Å². The fourth-order valence-electron chi connectivity index (χ4n) is 1.41. The Bertz CT molecular complexity index is 918. The molecule has 26 heavy (non-hydrogen) atoms. The van der Waals surface area contributed by atoms with Gasteiger partial charge in [0.2, 0.25) is 0 Å². The van der Waals surface area contributed by atoms with Crippen molar-refractivity contribution >= 4 is 16.1 Å². The standard InChI is InChI=1S/C24H22Si2/c1-25(2,3)21-13-9-7-11-15-23-17-19-24(20-18-23)16-12-8-10-14-22-26(4,5)6/h17-20H,1-6H3. The molecule has 0 atom stereocenters. The predicted molar refractivity (Wildman–Crippen MR) is 118 cm³/mol. The molecule has 1 aromatic carbocycles. The SMILES string of the molecule is C[Si](C)(C)C#CC#CC#Cc1ccc(C#CC#CC#C[Si](C)(C)C)cc1. The van der Waals surface area contributed by atoms with Crippen LogP contribution in [0.2, 0.25) is 39.3 Å². The van der Waals surface area contributed by atoms with Crippen molar-refractivity contribution in [2.45, 2.75) is 39.3 Å². The maximum atomic E-state index is 3.18. The van der Waals surface area contributed by atoms with Gasteiger partial charge in [-0.2, -0.15) is 0 Å². The van der Waals surface area contributed by atoms with E-state index >= 15 is 0 Å². The van der Waals surface area contributed by atoms with Crippen molar-refractivity contribution in [3.8, 4) is 70.3 Å². The molecule has 0 saturated heterocycles. The van der Waals surface area contributed by atoms with E-state index in [1.165, 1.54) is 0 Å². The van der Waals surface area contributed by atoms with Crippen LogP contribution in [0.5, 0.6) is 0 Å². The van der Waals surface area contributed by atoms with Crippen LogP contribution in [0.4, 0.5) is 0 Å². The lowest BCUT2D eigenvalue weighted by atomic mass is 10.1. The lowest BCUT2D eigenvalue weighted by Gasteiger charge is -2.01. The predicted octanol–water partition coefficient (Wildman–Crippen LogP) is 4.16. The van der Waals surface area contributed by atoms with Gasteiger partial charge in [0.15, 0.2) is 0 Å². The first kappa shape index (κ1) is 21.1. The van der Waals surface area contributed by atoms with Crippen molar-refractivity contribution in [2.24, 2.45) is 0 Å². The topological polar surface area (TPSA) is 0 Å². The van der Waals surface area contributed by atoms with Gasteiger partial charge in [-0.1, -0.05) is 51.1 Å². The highest BCUT2D eigenvalue weighted by Crippen LogP contribution is 2.01. The molecule has 0 aromatic heterocycles. The molecule has 1 aromatic rings. The zero-order valence-electron chi connectivity index (χ0n) is 16.3. The molecule has 0 aliphatic rings. The molecular weight excluding hydrogens is 344 g/mol. The molecule has 0 amide bonds. The first-order chi connectivity index (χ1) is 12.2. The van der Waals surface area contributed by atoms with Crippen LogP contribution in [-0.4, -0.2) is 16.1 Å². The highest BCUT2D eigenvalue weighted by molar-refractivity contribution is 6.84. The number of hydrogen-bond donors (Lipinski definition) is 0. The Morgan fingerprint density at radius 1 is 0.462 bits per heavy atom. The Labute approximate surface area is 161 Å². The Hall–Kier alpha value is -2.99. The molecule has 0 spiro atoms. The van der Waals surface area contributed by atoms with Crippen molar-refractivity contribution < 1.29 is 0 Å². The fraction of sp³-hybridized carbons (Fsp3) is 0.250. The highest BCUT2D eigenvalue weighted by Gasteiger charge is 2.07. The normalized spacial score (nSPS) is 8.85. The van der Waals surface area contributed by atoms with E-state index in [-0.39, 0.29) is 0 Å². The Balaban J connectivity index is 2.69. The van der Waals surface area contributed by atoms with E-state index in [0.29, 0.717) is 0 Å². The summed E-state index contributed by atoms with van der Waals surface area (Å²) in [6.07, 6.45) is 0. The largest absolute Gasteiger partial charge is 0.130 e. The Morgan fingerprint density at radius 3 is 1.08 bits per heavy atom. The first-order valence-electron chi connectivity index (χ1n) is 8.32. The van der Waals surface area contributed by atoms with E-state index in [2.05, 4.69) is 110 Å².